The highest BCUT2D eigenvalue weighted by molar-refractivity contribution is 5.94. The van der Waals surface area contributed by atoms with Gasteiger partial charge >= 0.3 is 11.8 Å². The molecule has 0 radical (unpaired) electrons. The molecular formula is C22H23FN4O3. The number of halogens is 1. The van der Waals surface area contributed by atoms with Gasteiger partial charge in [0.1, 0.15) is 5.82 Å². The molecule has 3 aromatic rings. The van der Waals surface area contributed by atoms with E-state index >= 15 is 0 Å². The Morgan fingerprint density at radius 2 is 1.67 bits per heavy atom. The number of hydrogen-bond donors (Lipinski definition) is 2. The van der Waals surface area contributed by atoms with Crippen LogP contribution in [-0.4, -0.2) is 35.0 Å². The molecule has 2 amide bonds. The summed E-state index contributed by atoms with van der Waals surface area (Å²) in [7, 11) is 0. The number of benzene rings is 2. The summed E-state index contributed by atoms with van der Waals surface area (Å²) in [6.45, 7) is 6.69. The summed E-state index contributed by atoms with van der Waals surface area (Å²) in [6, 6.07) is 13.1. The van der Waals surface area contributed by atoms with Crippen molar-refractivity contribution in [2.45, 2.75) is 26.2 Å². The van der Waals surface area contributed by atoms with Crippen molar-refractivity contribution < 1.29 is 18.5 Å². The van der Waals surface area contributed by atoms with Gasteiger partial charge in [-0.2, -0.15) is 4.98 Å². The molecule has 0 fully saturated rings. The minimum absolute atomic E-state index is 0.0327. The van der Waals surface area contributed by atoms with E-state index in [0.717, 1.165) is 11.6 Å². The molecule has 0 unspecified atom stereocenters. The molecule has 0 aliphatic rings. The van der Waals surface area contributed by atoms with E-state index in [1.165, 1.54) is 23.8 Å². The van der Waals surface area contributed by atoms with Crippen molar-refractivity contribution >= 4 is 11.8 Å². The Balaban J connectivity index is 1.51. The molecule has 2 N–H and O–H groups in total. The fourth-order valence-corrected chi connectivity index (χ4v) is 2.71. The lowest BCUT2D eigenvalue weighted by Crippen LogP contribution is -2.34. The first-order chi connectivity index (χ1) is 14.2. The molecule has 1 heterocycles. The molecule has 1 aromatic heterocycles. The van der Waals surface area contributed by atoms with Gasteiger partial charge in [-0.3, -0.25) is 9.59 Å². The summed E-state index contributed by atoms with van der Waals surface area (Å²) in [5.74, 6) is -1.31. The molecule has 0 saturated heterocycles. The summed E-state index contributed by atoms with van der Waals surface area (Å²) in [5, 5.41) is 9.03. The van der Waals surface area contributed by atoms with Crippen molar-refractivity contribution in [3.8, 4) is 11.4 Å². The maximum atomic E-state index is 13.1. The fraction of sp³-hybridized carbons (Fsp3) is 0.273. The number of hydrogen-bond acceptors (Lipinski definition) is 5. The van der Waals surface area contributed by atoms with Gasteiger partial charge in [-0.15, -0.1) is 0 Å². The molecular weight excluding hydrogens is 387 g/mol. The topological polar surface area (TPSA) is 97.1 Å². The summed E-state index contributed by atoms with van der Waals surface area (Å²) < 4.78 is 18.2. The summed E-state index contributed by atoms with van der Waals surface area (Å²) in [4.78, 5) is 28.2. The van der Waals surface area contributed by atoms with E-state index < -0.39 is 17.6 Å². The standard InChI is InChI=1S/C22H23FN4O3/c1-22(2,3)16-9-7-14(8-10-16)18-26-21(30-27-18)20(29)25-12-11-24-19(28)15-5-4-6-17(23)13-15/h4-10,13H,11-12H2,1-3H3,(H,24,28)(H,25,29). The van der Waals surface area contributed by atoms with Gasteiger partial charge in [0, 0.05) is 24.2 Å². The Labute approximate surface area is 173 Å². The second-order valence-corrected chi connectivity index (χ2v) is 7.77. The molecule has 30 heavy (non-hydrogen) atoms. The quantitative estimate of drug-likeness (QED) is 0.608. The van der Waals surface area contributed by atoms with Crippen LogP contribution < -0.4 is 10.6 Å². The van der Waals surface area contributed by atoms with Crippen molar-refractivity contribution in [3.05, 3.63) is 71.4 Å². The van der Waals surface area contributed by atoms with Gasteiger partial charge in [0.15, 0.2) is 0 Å². The third-order valence-corrected chi connectivity index (χ3v) is 4.41. The van der Waals surface area contributed by atoms with Crippen LogP contribution in [-0.2, 0) is 5.41 Å². The van der Waals surface area contributed by atoms with Gasteiger partial charge < -0.3 is 15.2 Å². The summed E-state index contributed by atoms with van der Waals surface area (Å²) >= 11 is 0. The fourth-order valence-electron chi connectivity index (χ4n) is 2.71. The molecule has 0 bridgehead atoms. The Kier molecular flexibility index (Phi) is 6.25. The number of amides is 2. The van der Waals surface area contributed by atoms with Crippen molar-refractivity contribution in [1.29, 1.82) is 0 Å². The van der Waals surface area contributed by atoms with E-state index in [1.807, 2.05) is 24.3 Å². The first-order valence-electron chi connectivity index (χ1n) is 9.50. The molecule has 0 saturated carbocycles. The van der Waals surface area contributed by atoms with E-state index in [0.29, 0.717) is 5.82 Å². The summed E-state index contributed by atoms with van der Waals surface area (Å²) in [5.41, 5.74) is 2.16. The van der Waals surface area contributed by atoms with Gasteiger partial charge in [0.2, 0.25) is 5.82 Å². The zero-order chi connectivity index (χ0) is 21.7. The maximum absolute atomic E-state index is 13.1. The van der Waals surface area contributed by atoms with Gasteiger partial charge in [0.05, 0.1) is 0 Å². The lowest BCUT2D eigenvalue weighted by Gasteiger charge is -2.18. The monoisotopic (exact) mass is 410 g/mol. The summed E-state index contributed by atoms with van der Waals surface area (Å²) in [6.07, 6.45) is 0. The maximum Gasteiger partial charge on any atom is 0.316 e. The zero-order valence-corrected chi connectivity index (χ0v) is 17.0. The van der Waals surface area contributed by atoms with Gasteiger partial charge in [-0.25, -0.2) is 4.39 Å². The third-order valence-electron chi connectivity index (χ3n) is 4.41. The van der Waals surface area contributed by atoms with Crippen molar-refractivity contribution in [3.63, 3.8) is 0 Å². The van der Waals surface area contributed by atoms with Crippen LogP contribution in [0, 0.1) is 5.82 Å². The van der Waals surface area contributed by atoms with Crippen LogP contribution in [0.25, 0.3) is 11.4 Å². The predicted octanol–water partition coefficient (Wildman–Crippen LogP) is 3.33. The van der Waals surface area contributed by atoms with Crippen LogP contribution in [0.3, 0.4) is 0 Å². The van der Waals surface area contributed by atoms with Crippen LogP contribution in [0.1, 0.15) is 47.4 Å². The number of aromatic nitrogens is 2. The first-order valence-corrected chi connectivity index (χ1v) is 9.50. The van der Waals surface area contributed by atoms with E-state index in [9.17, 15) is 14.0 Å². The smallest absolute Gasteiger partial charge is 0.316 e. The molecule has 2 aromatic carbocycles. The van der Waals surface area contributed by atoms with E-state index in [1.54, 1.807) is 0 Å². The Morgan fingerprint density at radius 1 is 1.00 bits per heavy atom. The molecule has 0 aliphatic heterocycles. The third kappa shape index (κ3) is 5.28. The average Bonchev–Trinajstić information content (AvgIpc) is 3.21. The molecule has 3 rings (SSSR count). The number of nitrogens with zero attached hydrogens (tertiary/aromatic N) is 2. The minimum atomic E-state index is -0.542. The lowest BCUT2D eigenvalue weighted by molar-refractivity contribution is 0.0898. The lowest BCUT2D eigenvalue weighted by atomic mass is 9.87. The number of carbonyl (C=O) groups is 2. The SMILES string of the molecule is CC(C)(C)c1ccc(-c2noc(C(=O)NCCNC(=O)c3cccc(F)c3)n2)cc1. The molecule has 156 valence electrons. The van der Waals surface area contributed by atoms with Gasteiger partial charge in [-0.05, 0) is 29.2 Å². The zero-order valence-electron chi connectivity index (χ0n) is 17.0. The number of rotatable bonds is 6. The van der Waals surface area contributed by atoms with Crippen molar-refractivity contribution in [1.82, 2.24) is 20.8 Å². The van der Waals surface area contributed by atoms with Crippen LogP contribution in [0.5, 0.6) is 0 Å². The second kappa shape index (κ2) is 8.86. The largest absolute Gasteiger partial charge is 0.350 e. The highest BCUT2D eigenvalue weighted by Gasteiger charge is 2.17. The van der Waals surface area contributed by atoms with Gasteiger partial charge in [0.25, 0.3) is 5.91 Å². The molecule has 0 spiro atoms. The minimum Gasteiger partial charge on any atom is -0.350 e. The van der Waals surface area contributed by atoms with E-state index in [4.69, 9.17) is 4.52 Å². The molecule has 0 atom stereocenters. The van der Waals surface area contributed by atoms with Crippen molar-refractivity contribution in [2.24, 2.45) is 0 Å². The highest BCUT2D eigenvalue weighted by Crippen LogP contribution is 2.24. The van der Waals surface area contributed by atoms with E-state index in [-0.39, 0.29) is 30.0 Å². The van der Waals surface area contributed by atoms with Crippen LogP contribution >= 0.6 is 0 Å². The van der Waals surface area contributed by atoms with Crippen LogP contribution in [0.15, 0.2) is 53.1 Å². The second-order valence-electron chi connectivity index (χ2n) is 7.77. The van der Waals surface area contributed by atoms with Gasteiger partial charge in [-0.1, -0.05) is 56.3 Å². The van der Waals surface area contributed by atoms with Crippen LogP contribution in [0.2, 0.25) is 0 Å². The highest BCUT2D eigenvalue weighted by atomic mass is 19.1. The van der Waals surface area contributed by atoms with E-state index in [2.05, 4.69) is 41.5 Å². The average molecular weight is 410 g/mol. The normalized spacial score (nSPS) is 11.2. The molecule has 0 aliphatic carbocycles. The molecule has 7 nitrogen and oxygen atoms in total. The number of carbonyl (C=O) groups excluding carboxylic acids is 2. The Hall–Kier alpha value is -3.55. The molecule has 8 heteroatoms. The Morgan fingerprint density at radius 3 is 2.30 bits per heavy atom. The van der Waals surface area contributed by atoms with Crippen molar-refractivity contribution in [2.75, 3.05) is 13.1 Å². The van der Waals surface area contributed by atoms with Crippen LogP contribution in [0.4, 0.5) is 4.39 Å². The number of nitrogens with one attached hydrogen (secondary N) is 2. The predicted molar refractivity (Wildman–Crippen MR) is 110 cm³/mol. The first kappa shape index (κ1) is 21.2. The Bertz CT molecular complexity index is 1040.